The van der Waals surface area contributed by atoms with Gasteiger partial charge in [-0.15, -0.1) is 0 Å². The average molecular weight is 423 g/mol. The molecule has 2 saturated heterocycles. The van der Waals surface area contributed by atoms with Crippen LogP contribution >= 0.6 is 0 Å². The molecule has 0 bridgehead atoms. The minimum absolute atomic E-state index is 0.0508. The van der Waals surface area contributed by atoms with Crippen LogP contribution < -0.4 is 4.74 Å². The number of carbonyl (C=O) groups is 1. The predicted octanol–water partition coefficient (Wildman–Crippen LogP) is 4.24. The number of ether oxygens (including phenoxy) is 2. The second-order valence-electron chi connectivity index (χ2n) is 9.56. The van der Waals surface area contributed by atoms with E-state index >= 15 is 0 Å². The van der Waals surface area contributed by atoms with Crippen molar-refractivity contribution in [2.24, 2.45) is 0 Å². The van der Waals surface area contributed by atoms with E-state index in [1.54, 1.807) is 0 Å². The van der Waals surface area contributed by atoms with Crippen LogP contribution in [0.4, 0.5) is 0 Å². The van der Waals surface area contributed by atoms with Crippen LogP contribution in [0.2, 0.25) is 0 Å². The molecule has 0 aromatic heterocycles. The zero-order chi connectivity index (χ0) is 21.3. The maximum Gasteiger partial charge on any atom is 0.260 e. The molecule has 1 amide bonds. The molecular formula is C26H34N2O3. The molecule has 2 heterocycles. The second kappa shape index (κ2) is 8.79. The highest BCUT2D eigenvalue weighted by Gasteiger charge is 2.47. The summed E-state index contributed by atoms with van der Waals surface area (Å²) in [7, 11) is 1.97. The number of likely N-dealkylation sites (N-methyl/N-ethyl adjacent to an activating group) is 1. The summed E-state index contributed by atoms with van der Waals surface area (Å²) in [5.74, 6) is 0.809. The van der Waals surface area contributed by atoms with Crippen molar-refractivity contribution in [2.45, 2.75) is 62.6 Å². The fourth-order valence-electron chi connectivity index (χ4n) is 5.92. The second-order valence-corrected chi connectivity index (χ2v) is 9.56. The number of benzene rings is 2. The van der Waals surface area contributed by atoms with Gasteiger partial charge in [0.05, 0.1) is 5.60 Å². The quantitative estimate of drug-likeness (QED) is 0.723. The Kier molecular flexibility index (Phi) is 5.89. The summed E-state index contributed by atoms with van der Waals surface area (Å²) >= 11 is 0. The van der Waals surface area contributed by atoms with Crippen LogP contribution in [0, 0.1) is 0 Å². The predicted molar refractivity (Wildman–Crippen MR) is 122 cm³/mol. The third-order valence-corrected chi connectivity index (χ3v) is 7.69. The molecule has 3 aliphatic rings. The first-order valence-corrected chi connectivity index (χ1v) is 11.9. The van der Waals surface area contributed by atoms with E-state index in [4.69, 9.17) is 9.47 Å². The topological polar surface area (TPSA) is 42.0 Å². The molecular weight excluding hydrogens is 388 g/mol. The van der Waals surface area contributed by atoms with E-state index in [1.807, 2.05) is 42.3 Å². The smallest absolute Gasteiger partial charge is 0.260 e. The van der Waals surface area contributed by atoms with Gasteiger partial charge >= 0.3 is 0 Å². The van der Waals surface area contributed by atoms with E-state index in [1.165, 1.54) is 31.1 Å². The molecule has 5 nitrogen and oxygen atoms in total. The number of likely N-dealkylation sites (tertiary alicyclic amines) is 1. The van der Waals surface area contributed by atoms with Gasteiger partial charge in [-0.3, -0.25) is 9.69 Å². The molecule has 3 atom stereocenters. The van der Waals surface area contributed by atoms with Gasteiger partial charge in [0.1, 0.15) is 5.75 Å². The van der Waals surface area contributed by atoms with Crippen LogP contribution in [0.3, 0.4) is 0 Å². The maximum absolute atomic E-state index is 13.1. The number of fused-ring (bicyclic) bond motifs is 1. The number of rotatable bonds is 5. The SMILES string of the molecule is CN(C(=O)COc1ccc2ccccc2c1)[C@H]1CC[C@]2(CCCO2)C[C@@H]1N1CCCC1. The highest BCUT2D eigenvalue weighted by atomic mass is 16.5. The lowest BCUT2D eigenvalue weighted by Gasteiger charge is -2.48. The number of hydrogen-bond donors (Lipinski definition) is 0. The van der Waals surface area contributed by atoms with Crippen molar-refractivity contribution in [3.8, 4) is 5.75 Å². The minimum atomic E-state index is 0.0508. The van der Waals surface area contributed by atoms with E-state index in [0.717, 1.165) is 50.1 Å². The van der Waals surface area contributed by atoms with Gasteiger partial charge in [0.25, 0.3) is 5.91 Å². The molecule has 1 spiro atoms. The van der Waals surface area contributed by atoms with Crippen molar-refractivity contribution in [2.75, 3.05) is 33.4 Å². The van der Waals surface area contributed by atoms with Crippen LogP contribution in [-0.2, 0) is 9.53 Å². The van der Waals surface area contributed by atoms with Crippen molar-refractivity contribution in [1.29, 1.82) is 0 Å². The summed E-state index contributed by atoms with van der Waals surface area (Å²) in [6, 6.07) is 14.8. The highest BCUT2D eigenvalue weighted by molar-refractivity contribution is 5.84. The van der Waals surface area contributed by atoms with E-state index in [-0.39, 0.29) is 24.2 Å². The molecule has 2 aromatic carbocycles. The first kappa shape index (κ1) is 20.8. The largest absolute Gasteiger partial charge is 0.484 e. The summed E-state index contributed by atoms with van der Waals surface area (Å²) in [6.07, 6.45) is 8.00. The monoisotopic (exact) mass is 422 g/mol. The first-order valence-electron chi connectivity index (χ1n) is 11.9. The Morgan fingerprint density at radius 3 is 2.71 bits per heavy atom. The Balaban J connectivity index is 1.25. The van der Waals surface area contributed by atoms with Crippen molar-refractivity contribution < 1.29 is 14.3 Å². The fourth-order valence-corrected chi connectivity index (χ4v) is 5.92. The normalized spacial score (nSPS) is 28.9. The number of carbonyl (C=O) groups excluding carboxylic acids is 1. The lowest BCUT2D eigenvalue weighted by Crippen LogP contribution is -2.58. The Morgan fingerprint density at radius 2 is 1.94 bits per heavy atom. The summed E-state index contributed by atoms with van der Waals surface area (Å²) < 4.78 is 12.2. The molecule has 2 aromatic rings. The summed E-state index contributed by atoms with van der Waals surface area (Å²) in [6.45, 7) is 3.27. The third kappa shape index (κ3) is 4.31. The van der Waals surface area contributed by atoms with Gasteiger partial charge in [0, 0.05) is 25.7 Å². The van der Waals surface area contributed by atoms with Crippen LogP contribution in [-0.4, -0.2) is 66.7 Å². The molecule has 166 valence electrons. The van der Waals surface area contributed by atoms with E-state index in [2.05, 4.69) is 17.0 Å². The van der Waals surface area contributed by atoms with Gasteiger partial charge in [0.2, 0.25) is 0 Å². The Hall–Kier alpha value is -2.11. The lowest BCUT2D eigenvalue weighted by molar-refractivity contribution is -0.139. The van der Waals surface area contributed by atoms with Gasteiger partial charge in [0.15, 0.2) is 6.61 Å². The molecule has 3 fully saturated rings. The van der Waals surface area contributed by atoms with Gasteiger partial charge in [-0.2, -0.15) is 0 Å². The number of nitrogens with zero attached hydrogens (tertiary/aromatic N) is 2. The molecule has 1 saturated carbocycles. The van der Waals surface area contributed by atoms with E-state index < -0.39 is 0 Å². The van der Waals surface area contributed by atoms with Crippen molar-refractivity contribution in [3.63, 3.8) is 0 Å². The molecule has 1 aliphatic carbocycles. The summed E-state index contributed by atoms with van der Waals surface area (Å²) in [4.78, 5) is 17.7. The van der Waals surface area contributed by atoms with Gasteiger partial charge in [-0.25, -0.2) is 0 Å². The standard InChI is InChI=1S/C26H34N2O3/c1-27(25(29)19-30-22-10-9-20-7-2-3-8-21(20)17-22)23-11-13-26(12-6-16-31-26)18-24(23)28-14-4-5-15-28/h2-3,7-10,17,23-24H,4-6,11-16,18-19H2,1H3/t23-,24-,26+/m0/s1. The molecule has 5 rings (SSSR count). The molecule has 5 heteroatoms. The minimum Gasteiger partial charge on any atom is -0.484 e. The van der Waals surface area contributed by atoms with Gasteiger partial charge in [-0.1, -0.05) is 30.3 Å². The number of amides is 1. The average Bonchev–Trinajstić information content (AvgIpc) is 3.50. The molecule has 2 aliphatic heterocycles. The Morgan fingerprint density at radius 1 is 1.13 bits per heavy atom. The lowest BCUT2D eigenvalue weighted by atomic mass is 9.76. The van der Waals surface area contributed by atoms with Gasteiger partial charge in [-0.05, 0) is 80.9 Å². The zero-order valence-electron chi connectivity index (χ0n) is 18.6. The van der Waals surface area contributed by atoms with Gasteiger partial charge < -0.3 is 14.4 Å². The third-order valence-electron chi connectivity index (χ3n) is 7.69. The zero-order valence-corrected chi connectivity index (χ0v) is 18.6. The highest BCUT2D eigenvalue weighted by Crippen LogP contribution is 2.42. The Bertz CT molecular complexity index is 918. The van der Waals surface area contributed by atoms with Crippen LogP contribution in [0.1, 0.15) is 44.9 Å². The van der Waals surface area contributed by atoms with E-state index in [0.29, 0.717) is 6.04 Å². The van der Waals surface area contributed by atoms with Crippen LogP contribution in [0.5, 0.6) is 5.75 Å². The molecule has 0 radical (unpaired) electrons. The summed E-state index contributed by atoms with van der Waals surface area (Å²) in [5, 5.41) is 2.31. The van der Waals surface area contributed by atoms with Crippen LogP contribution in [0.15, 0.2) is 42.5 Å². The molecule has 0 unspecified atom stereocenters. The Labute approximate surface area is 185 Å². The van der Waals surface area contributed by atoms with E-state index in [9.17, 15) is 4.79 Å². The van der Waals surface area contributed by atoms with Crippen molar-refractivity contribution in [1.82, 2.24) is 9.80 Å². The summed E-state index contributed by atoms with van der Waals surface area (Å²) in [5.41, 5.74) is 0.0508. The van der Waals surface area contributed by atoms with Crippen LogP contribution in [0.25, 0.3) is 10.8 Å². The maximum atomic E-state index is 13.1. The van der Waals surface area contributed by atoms with Crippen molar-refractivity contribution >= 4 is 16.7 Å². The molecule has 31 heavy (non-hydrogen) atoms. The molecule has 0 N–H and O–H groups in total. The number of hydrogen-bond acceptors (Lipinski definition) is 4. The first-order chi connectivity index (χ1) is 15.1. The fraction of sp³-hybridized carbons (Fsp3) is 0.577. The van der Waals surface area contributed by atoms with Crippen molar-refractivity contribution in [3.05, 3.63) is 42.5 Å².